The molecule has 2 aromatic rings. The minimum atomic E-state index is -0.448. The highest BCUT2D eigenvalue weighted by Crippen LogP contribution is 2.40. The summed E-state index contributed by atoms with van der Waals surface area (Å²) in [5.41, 5.74) is 0.829. The van der Waals surface area contributed by atoms with E-state index in [1.165, 1.54) is 5.56 Å². The molecule has 2 aromatic heterocycles. The number of piperidine rings is 1. The van der Waals surface area contributed by atoms with Gasteiger partial charge in [-0.3, -0.25) is 14.7 Å². The van der Waals surface area contributed by atoms with Crippen molar-refractivity contribution in [2.24, 2.45) is 0 Å². The van der Waals surface area contributed by atoms with Gasteiger partial charge in [0.05, 0.1) is 6.54 Å². The Bertz CT molecular complexity index is 822. The highest BCUT2D eigenvalue weighted by atomic mass is 16.5. The van der Waals surface area contributed by atoms with Gasteiger partial charge in [0.25, 0.3) is 5.91 Å². The predicted molar refractivity (Wildman–Crippen MR) is 103 cm³/mol. The second-order valence-corrected chi connectivity index (χ2v) is 8.17. The summed E-state index contributed by atoms with van der Waals surface area (Å²) < 4.78 is 8.70. The summed E-state index contributed by atoms with van der Waals surface area (Å²) >= 11 is 0. The molecular weight excluding hydrogens is 354 g/mol. The molecule has 0 N–H and O–H groups in total. The zero-order chi connectivity index (χ0) is 19.0. The van der Waals surface area contributed by atoms with Gasteiger partial charge in [0.1, 0.15) is 11.4 Å². The van der Waals surface area contributed by atoms with Crippen LogP contribution in [-0.2, 0) is 28.2 Å². The van der Waals surface area contributed by atoms with E-state index in [4.69, 9.17) is 4.74 Å². The van der Waals surface area contributed by atoms with E-state index in [1.54, 1.807) is 0 Å². The normalized spacial score (nSPS) is 24.4. The number of nitrogens with zero attached hydrogens (tertiary/aromatic N) is 5. The van der Waals surface area contributed by atoms with Crippen molar-refractivity contribution in [2.75, 3.05) is 26.2 Å². The molecule has 0 radical (unpaired) electrons. The maximum absolute atomic E-state index is 13.0. The first-order valence-electron chi connectivity index (χ1n) is 10.3. The van der Waals surface area contributed by atoms with Crippen LogP contribution in [0.4, 0.5) is 0 Å². The van der Waals surface area contributed by atoms with Gasteiger partial charge in [-0.25, -0.2) is 4.98 Å². The number of pyridine rings is 1. The van der Waals surface area contributed by atoms with Crippen LogP contribution in [0.25, 0.3) is 0 Å². The monoisotopic (exact) mass is 381 g/mol. The lowest BCUT2D eigenvalue weighted by atomic mass is 9.88. The number of fused-ring (bicyclic) bond motifs is 2. The molecule has 0 unspecified atom stereocenters. The van der Waals surface area contributed by atoms with Gasteiger partial charge in [-0.2, -0.15) is 0 Å². The first kappa shape index (κ1) is 17.8. The summed E-state index contributed by atoms with van der Waals surface area (Å²) in [7, 11) is 0. The second-order valence-electron chi connectivity index (χ2n) is 8.17. The number of ether oxygens (including phenoxy) is 1. The molecule has 0 bridgehead atoms. The highest BCUT2D eigenvalue weighted by molar-refractivity contribution is 5.81. The smallest absolute Gasteiger partial charge is 0.253 e. The SMILES string of the molecule is O=C([C@@H]1Cn2ccnc2C2(CCN(Cc3ccncc3)CC2)O1)N1CCCC1. The van der Waals surface area contributed by atoms with Crippen molar-refractivity contribution in [3.8, 4) is 0 Å². The zero-order valence-corrected chi connectivity index (χ0v) is 16.2. The van der Waals surface area contributed by atoms with Gasteiger partial charge < -0.3 is 14.2 Å². The molecule has 7 heteroatoms. The van der Waals surface area contributed by atoms with E-state index in [0.717, 1.165) is 64.2 Å². The molecule has 148 valence electrons. The molecule has 2 saturated heterocycles. The van der Waals surface area contributed by atoms with Crippen molar-refractivity contribution in [1.29, 1.82) is 0 Å². The molecule has 7 nitrogen and oxygen atoms in total. The minimum Gasteiger partial charge on any atom is -0.352 e. The van der Waals surface area contributed by atoms with Crippen LogP contribution in [0, 0.1) is 0 Å². The van der Waals surface area contributed by atoms with Crippen LogP contribution in [0.2, 0.25) is 0 Å². The van der Waals surface area contributed by atoms with Gasteiger partial charge in [-0.05, 0) is 43.4 Å². The van der Waals surface area contributed by atoms with Crippen molar-refractivity contribution in [3.63, 3.8) is 0 Å². The van der Waals surface area contributed by atoms with Crippen LogP contribution in [0.1, 0.15) is 37.1 Å². The largest absolute Gasteiger partial charge is 0.352 e. The number of rotatable bonds is 3. The standard InChI is InChI=1S/C21H27N5O2/c27-19(25-10-1-2-11-25)18-16-26-14-9-23-20(26)21(28-18)5-12-24(13-6-21)15-17-3-7-22-8-4-17/h3-4,7-9,14,18H,1-2,5-6,10-13,15-16H2/t18-/m0/s1. The fourth-order valence-electron chi connectivity index (χ4n) is 4.83. The lowest BCUT2D eigenvalue weighted by molar-refractivity contribution is -0.180. The molecule has 5 rings (SSSR count). The molecule has 2 fully saturated rings. The van der Waals surface area contributed by atoms with E-state index in [2.05, 4.69) is 31.6 Å². The lowest BCUT2D eigenvalue weighted by Crippen LogP contribution is -2.54. The lowest BCUT2D eigenvalue weighted by Gasteiger charge is -2.46. The average molecular weight is 381 g/mol. The van der Waals surface area contributed by atoms with Gasteiger partial charge in [-0.1, -0.05) is 0 Å². The fourth-order valence-corrected chi connectivity index (χ4v) is 4.83. The molecule has 28 heavy (non-hydrogen) atoms. The molecule has 1 atom stereocenters. The number of aromatic nitrogens is 3. The van der Waals surface area contributed by atoms with Gasteiger partial charge in [0.2, 0.25) is 0 Å². The topological polar surface area (TPSA) is 63.5 Å². The maximum Gasteiger partial charge on any atom is 0.253 e. The minimum absolute atomic E-state index is 0.149. The number of carbonyl (C=O) groups is 1. The fraction of sp³-hybridized carbons (Fsp3) is 0.571. The third-order valence-electron chi connectivity index (χ3n) is 6.37. The Morgan fingerprint density at radius 3 is 2.61 bits per heavy atom. The molecule has 3 aliphatic heterocycles. The summed E-state index contributed by atoms with van der Waals surface area (Å²) in [5, 5.41) is 0. The van der Waals surface area contributed by atoms with Crippen LogP contribution in [0.5, 0.6) is 0 Å². The Labute approximate surface area is 165 Å². The van der Waals surface area contributed by atoms with E-state index in [0.29, 0.717) is 6.54 Å². The quantitative estimate of drug-likeness (QED) is 0.811. The Balaban J connectivity index is 1.32. The Morgan fingerprint density at radius 2 is 1.86 bits per heavy atom. The van der Waals surface area contributed by atoms with Crippen molar-refractivity contribution in [3.05, 3.63) is 48.3 Å². The number of amides is 1. The van der Waals surface area contributed by atoms with Gasteiger partial charge >= 0.3 is 0 Å². The van der Waals surface area contributed by atoms with E-state index < -0.39 is 11.7 Å². The molecule has 0 saturated carbocycles. The summed E-state index contributed by atoms with van der Waals surface area (Å²) in [6.45, 7) is 5.08. The number of imidazole rings is 1. The third-order valence-corrected chi connectivity index (χ3v) is 6.37. The number of hydrogen-bond donors (Lipinski definition) is 0. The molecule has 1 spiro atoms. The Kier molecular flexibility index (Phi) is 4.64. The van der Waals surface area contributed by atoms with Crippen LogP contribution in [0.3, 0.4) is 0 Å². The number of likely N-dealkylation sites (tertiary alicyclic amines) is 2. The number of hydrogen-bond acceptors (Lipinski definition) is 5. The van der Waals surface area contributed by atoms with Gasteiger partial charge in [0, 0.05) is 57.5 Å². The van der Waals surface area contributed by atoms with E-state index in [1.807, 2.05) is 29.7 Å². The zero-order valence-electron chi connectivity index (χ0n) is 16.2. The van der Waals surface area contributed by atoms with Crippen molar-refractivity contribution in [2.45, 2.75) is 50.5 Å². The summed E-state index contributed by atoms with van der Waals surface area (Å²) in [6, 6.07) is 4.14. The molecule has 3 aliphatic rings. The molecular formula is C21H27N5O2. The summed E-state index contributed by atoms with van der Waals surface area (Å²) in [6.07, 6.45) is 11.0. The first-order chi connectivity index (χ1) is 13.7. The van der Waals surface area contributed by atoms with E-state index >= 15 is 0 Å². The Hall–Kier alpha value is -2.25. The second kappa shape index (κ2) is 7.29. The van der Waals surface area contributed by atoms with Crippen LogP contribution >= 0.6 is 0 Å². The maximum atomic E-state index is 13.0. The van der Waals surface area contributed by atoms with E-state index in [9.17, 15) is 4.79 Å². The number of carbonyl (C=O) groups excluding carboxylic acids is 1. The van der Waals surface area contributed by atoms with E-state index in [-0.39, 0.29) is 5.91 Å². The molecule has 0 aliphatic carbocycles. The third kappa shape index (κ3) is 3.22. The Morgan fingerprint density at radius 1 is 1.11 bits per heavy atom. The van der Waals surface area contributed by atoms with Crippen LogP contribution in [0.15, 0.2) is 36.9 Å². The average Bonchev–Trinajstić information content (AvgIpc) is 3.42. The van der Waals surface area contributed by atoms with Gasteiger partial charge in [0.15, 0.2) is 6.10 Å². The van der Waals surface area contributed by atoms with Crippen LogP contribution < -0.4 is 0 Å². The van der Waals surface area contributed by atoms with Crippen molar-refractivity contribution in [1.82, 2.24) is 24.3 Å². The summed E-state index contributed by atoms with van der Waals surface area (Å²) in [5.74, 6) is 1.14. The first-order valence-corrected chi connectivity index (χ1v) is 10.3. The molecule has 5 heterocycles. The molecule has 0 aromatic carbocycles. The summed E-state index contributed by atoms with van der Waals surface area (Å²) in [4.78, 5) is 26.2. The highest BCUT2D eigenvalue weighted by Gasteiger charge is 2.47. The van der Waals surface area contributed by atoms with Crippen LogP contribution in [-0.4, -0.2) is 62.5 Å². The van der Waals surface area contributed by atoms with Crippen molar-refractivity contribution < 1.29 is 9.53 Å². The van der Waals surface area contributed by atoms with Gasteiger partial charge in [-0.15, -0.1) is 0 Å². The predicted octanol–water partition coefficient (Wildman–Crippen LogP) is 1.79. The van der Waals surface area contributed by atoms with Crippen molar-refractivity contribution >= 4 is 5.91 Å². The molecule has 1 amide bonds.